The summed E-state index contributed by atoms with van der Waals surface area (Å²) in [6.07, 6.45) is 1.47. The summed E-state index contributed by atoms with van der Waals surface area (Å²) in [4.78, 5) is 14.8. The van der Waals surface area contributed by atoms with Crippen LogP contribution in [0.5, 0.6) is 0 Å². The summed E-state index contributed by atoms with van der Waals surface area (Å²) in [7, 11) is 0. The highest BCUT2D eigenvalue weighted by molar-refractivity contribution is 14.1. The summed E-state index contributed by atoms with van der Waals surface area (Å²) in [5, 5.41) is 18.9. The Balaban J connectivity index is 2.05. The maximum atomic E-state index is 11.0. The maximum absolute atomic E-state index is 11.0. The minimum atomic E-state index is -0.423. The number of nitrogens with one attached hydrogen (secondary N) is 1. The predicted octanol–water partition coefficient (Wildman–Crippen LogP) is 3.83. The van der Waals surface area contributed by atoms with Gasteiger partial charge in [-0.15, -0.1) is 0 Å². The van der Waals surface area contributed by atoms with Crippen LogP contribution in [0.15, 0.2) is 47.5 Å². The van der Waals surface area contributed by atoms with Gasteiger partial charge in [0.1, 0.15) is 0 Å². The number of fused-ring (bicyclic) bond motifs is 1. The molecule has 0 atom stereocenters. The molecule has 0 saturated carbocycles. The third-order valence-electron chi connectivity index (χ3n) is 2.98. The number of nitrogens with zero attached hydrogens (tertiary/aromatic N) is 3. The van der Waals surface area contributed by atoms with Crippen LogP contribution in [0.25, 0.3) is 10.9 Å². The van der Waals surface area contributed by atoms with E-state index in [0.29, 0.717) is 11.4 Å². The van der Waals surface area contributed by atoms with Crippen LogP contribution in [-0.2, 0) is 0 Å². The molecule has 0 fully saturated rings. The topological polar surface area (TPSA) is 84.2 Å². The molecule has 0 saturated heterocycles. The van der Waals surface area contributed by atoms with Crippen molar-refractivity contribution in [3.05, 3.63) is 61.7 Å². The largest absolute Gasteiger partial charge is 0.278 e. The van der Waals surface area contributed by atoms with Gasteiger partial charge >= 0.3 is 0 Å². The first-order chi connectivity index (χ1) is 10.2. The van der Waals surface area contributed by atoms with Gasteiger partial charge in [-0.05, 0) is 40.8 Å². The molecular weight excluding hydrogens is 383 g/mol. The number of rotatable bonds is 3. The number of halogens is 1. The van der Waals surface area contributed by atoms with Crippen LogP contribution in [0.4, 0.5) is 11.5 Å². The first-order valence-electron chi connectivity index (χ1n) is 6.07. The van der Waals surface area contributed by atoms with Crippen molar-refractivity contribution in [3.8, 4) is 0 Å². The van der Waals surface area contributed by atoms with Crippen molar-refractivity contribution in [2.24, 2.45) is 4.99 Å². The van der Waals surface area contributed by atoms with Crippen molar-refractivity contribution in [2.75, 3.05) is 0 Å². The van der Waals surface area contributed by atoms with Gasteiger partial charge in [0.15, 0.2) is 5.82 Å². The summed E-state index contributed by atoms with van der Waals surface area (Å²) >= 11 is 2.21. The molecule has 21 heavy (non-hydrogen) atoms. The highest BCUT2D eigenvalue weighted by Crippen LogP contribution is 2.28. The fraction of sp³-hybridized carbons (Fsp3) is 0. The Labute approximate surface area is 133 Å². The number of hydrogen-bond acceptors (Lipinski definition) is 4. The highest BCUT2D eigenvalue weighted by Gasteiger charge is 2.11. The molecule has 3 rings (SSSR count). The third-order valence-corrected chi connectivity index (χ3v) is 3.88. The highest BCUT2D eigenvalue weighted by atomic mass is 127. The molecule has 1 N–H and O–H groups in total. The minimum absolute atomic E-state index is 0.0239. The summed E-state index contributed by atoms with van der Waals surface area (Å²) < 4.78 is 1.02. The van der Waals surface area contributed by atoms with Gasteiger partial charge in [0.2, 0.25) is 0 Å². The predicted molar refractivity (Wildman–Crippen MR) is 89.2 cm³/mol. The number of benzene rings is 2. The van der Waals surface area contributed by atoms with E-state index in [-0.39, 0.29) is 5.69 Å². The fourth-order valence-electron chi connectivity index (χ4n) is 2.00. The quantitative estimate of drug-likeness (QED) is 0.318. The molecule has 1 aromatic heterocycles. The minimum Gasteiger partial charge on any atom is -0.276 e. The van der Waals surface area contributed by atoms with E-state index in [0.717, 1.165) is 14.5 Å². The van der Waals surface area contributed by atoms with Crippen molar-refractivity contribution in [1.29, 1.82) is 0 Å². The molecule has 0 spiro atoms. The zero-order valence-corrected chi connectivity index (χ0v) is 12.8. The van der Waals surface area contributed by atoms with E-state index in [1.165, 1.54) is 12.3 Å². The monoisotopic (exact) mass is 392 g/mol. The van der Waals surface area contributed by atoms with Crippen molar-refractivity contribution in [3.63, 3.8) is 0 Å². The molecule has 2 aromatic carbocycles. The SMILES string of the molecule is O=[N+]([O-])c1ccccc1C=Nc1n[nH]c2cccc(I)c12. The second-order valence-electron chi connectivity index (χ2n) is 4.28. The molecule has 6 nitrogen and oxygen atoms in total. The third kappa shape index (κ3) is 2.64. The lowest BCUT2D eigenvalue weighted by atomic mass is 10.2. The van der Waals surface area contributed by atoms with E-state index < -0.39 is 4.92 Å². The molecule has 3 aromatic rings. The van der Waals surface area contributed by atoms with E-state index in [1.807, 2.05) is 18.2 Å². The Morgan fingerprint density at radius 1 is 1.24 bits per heavy atom. The second-order valence-corrected chi connectivity index (χ2v) is 5.45. The number of nitro benzene ring substituents is 1. The first kappa shape index (κ1) is 13.7. The lowest BCUT2D eigenvalue weighted by Crippen LogP contribution is -1.93. The van der Waals surface area contributed by atoms with E-state index in [9.17, 15) is 10.1 Å². The molecule has 0 aliphatic heterocycles. The standard InChI is InChI=1S/C14H9IN4O2/c15-10-5-3-6-11-13(10)14(18-17-11)16-8-9-4-1-2-7-12(9)19(20)21/h1-8H,(H,17,18). The summed E-state index contributed by atoms with van der Waals surface area (Å²) in [5.41, 5.74) is 1.36. The van der Waals surface area contributed by atoms with Gasteiger partial charge in [0.05, 0.1) is 21.4 Å². The van der Waals surface area contributed by atoms with Crippen molar-refractivity contribution in [1.82, 2.24) is 10.2 Å². The van der Waals surface area contributed by atoms with E-state index in [4.69, 9.17) is 0 Å². The first-order valence-corrected chi connectivity index (χ1v) is 7.15. The van der Waals surface area contributed by atoms with E-state index >= 15 is 0 Å². The van der Waals surface area contributed by atoms with Gasteiger partial charge in [-0.1, -0.05) is 18.2 Å². The number of H-pyrrole nitrogens is 1. The average molecular weight is 392 g/mol. The zero-order chi connectivity index (χ0) is 14.8. The van der Waals surface area contributed by atoms with Crippen LogP contribution >= 0.6 is 22.6 Å². The number of aromatic nitrogens is 2. The smallest absolute Gasteiger partial charge is 0.276 e. The van der Waals surface area contributed by atoms with Crippen LogP contribution in [0, 0.1) is 13.7 Å². The Hall–Kier alpha value is -2.29. The van der Waals surface area contributed by atoms with Gasteiger partial charge in [-0.25, -0.2) is 4.99 Å². The Bertz CT molecular complexity index is 857. The number of para-hydroxylation sites is 1. The second kappa shape index (κ2) is 5.60. The average Bonchev–Trinajstić information content (AvgIpc) is 2.90. The number of aliphatic imine (C=N–C) groups is 1. The summed E-state index contributed by atoms with van der Waals surface area (Å²) in [6, 6.07) is 12.3. The summed E-state index contributed by atoms with van der Waals surface area (Å²) in [5.74, 6) is 0.521. The fourth-order valence-corrected chi connectivity index (χ4v) is 2.74. The van der Waals surface area contributed by atoms with Crippen LogP contribution in [0.1, 0.15) is 5.56 Å². The molecule has 7 heteroatoms. The van der Waals surface area contributed by atoms with Crippen molar-refractivity contribution >= 4 is 51.2 Å². The number of nitro groups is 1. The van der Waals surface area contributed by atoms with Crippen LogP contribution in [0.3, 0.4) is 0 Å². The molecule has 104 valence electrons. The van der Waals surface area contributed by atoms with E-state index in [1.54, 1.807) is 18.2 Å². The molecule has 0 amide bonds. The van der Waals surface area contributed by atoms with Crippen molar-refractivity contribution < 1.29 is 4.92 Å². The van der Waals surface area contributed by atoms with Crippen LogP contribution in [0.2, 0.25) is 0 Å². The maximum Gasteiger partial charge on any atom is 0.278 e. The van der Waals surface area contributed by atoms with Gasteiger partial charge in [0.25, 0.3) is 5.69 Å². The molecule has 1 heterocycles. The number of hydrogen-bond donors (Lipinski definition) is 1. The van der Waals surface area contributed by atoms with Crippen LogP contribution in [-0.4, -0.2) is 21.3 Å². The molecular formula is C14H9IN4O2. The normalized spacial score (nSPS) is 11.3. The van der Waals surface area contributed by atoms with Gasteiger partial charge in [-0.2, -0.15) is 5.10 Å². The van der Waals surface area contributed by atoms with Gasteiger partial charge in [-0.3, -0.25) is 15.2 Å². The molecule has 0 aliphatic carbocycles. The number of aromatic amines is 1. The lowest BCUT2D eigenvalue weighted by molar-refractivity contribution is -0.385. The Morgan fingerprint density at radius 2 is 2.05 bits per heavy atom. The Morgan fingerprint density at radius 3 is 2.86 bits per heavy atom. The van der Waals surface area contributed by atoms with Gasteiger partial charge < -0.3 is 0 Å². The molecule has 0 unspecified atom stereocenters. The van der Waals surface area contributed by atoms with Crippen LogP contribution < -0.4 is 0 Å². The van der Waals surface area contributed by atoms with Gasteiger partial charge in [0, 0.05) is 15.9 Å². The molecule has 0 radical (unpaired) electrons. The Kier molecular flexibility index (Phi) is 3.65. The lowest BCUT2D eigenvalue weighted by Gasteiger charge is -1.96. The van der Waals surface area contributed by atoms with E-state index in [2.05, 4.69) is 37.8 Å². The van der Waals surface area contributed by atoms with Crippen molar-refractivity contribution in [2.45, 2.75) is 0 Å². The molecule has 0 bridgehead atoms. The zero-order valence-electron chi connectivity index (χ0n) is 10.7. The summed E-state index contributed by atoms with van der Waals surface area (Å²) in [6.45, 7) is 0. The molecule has 0 aliphatic rings.